The second-order valence-corrected chi connectivity index (χ2v) is 5.59. The summed E-state index contributed by atoms with van der Waals surface area (Å²) in [4.78, 5) is 25.6. The van der Waals surface area contributed by atoms with Crippen molar-refractivity contribution < 1.29 is 19.2 Å². The molecule has 1 aromatic carbocycles. The molecular formula is C19H20N2O5. The zero-order chi connectivity index (χ0) is 18.9. The van der Waals surface area contributed by atoms with E-state index in [1.54, 1.807) is 18.2 Å². The highest BCUT2D eigenvalue weighted by atomic mass is 16.6. The van der Waals surface area contributed by atoms with Crippen LogP contribution in [-0.4, -0.2) is 22.5 Å². The van der Waals surface area contributed by atoms with Crippen molar-refractivity contribution in [2.45, 2.75) is 26.7 Å². The minimum Gasteiger partial charge on any atom is -0.463 e. The van der Waals surface area contributed by atoms with Gasteiger partial charge in [0.1, 0.15) is 11.9 Å². The van der Waals surface area contributed by atoms with Gasteiger partial charge in [-0.05, 0) is 42.7 Å². The van der Waals surface area contributed by atoms with Gasteiger partial charge in [0.15, 0.2) is 0 Å². The molecular weight excluding hydrogens is 336 g/mol. The number of nitrogens with zero attached hydrogens (tertiary/aromatic N) is 2. The monoisotopic (exact) mass is 356 g/mol. The Morgan fingerprint density at radius 2 is 2.12 bits per heavy atom. The van der Waals surface area contributed by atoms with Crippen LogP contribution in [0.5, 0.6) is 11.6 Å². The largest absolute Gasteiger partial charge is 0.463 e. The number of carbonyl (C=O) groups excluding carboxylic acids is 1. The molecule has 136 valence electrons. The van der Waals surface area contributed by atoms with Gasteiger partial charge in [0.05, 0.1) is 11.5 Å². The van der Waals surface area contributed by atoms with Crippen LogP contribution in [0.25, 0.3) is 6.08 Å². The first-order valence-electron chi connectivity index (χ1n) is 8.23. The highest BCUT2D eigenvalue weighted by Gasteiger charge is 2.08. The number of ether oxygens (including phenoxy) is 2. The minimum atomic E-state index is -0.517. The van der Waals surface area contributed by atoms with Gasteiger partial charge in [-0.2, -0.15) is 0 Å². The standard InChI is InChI=1S/C19H20N2O5/c1-3-4-11-25-19(22)10-6-15-5-8-17(14(2)12-15)26-18-9-7-16(13-20-18)21(23)24/h5-10,12-13H,3-4,11H2,1-2H3. The smallest absolute Gasteiger partial charge is 0.330 e. The Morgan fingerprint density at radius 3 is 2.73 bits per heavy atom. The maximum absolute atomic E-state index is 11.6. The first kappa shape index (κ1) is 19.1. The van der Waals surface area contributed by atoms with Gasteiger partial charge in [0.25, 0.3) is 5.69 Å². The quantitative estimate of drug-likeness (QED) is 0.228. The zero-order valence-electron chi connectivity index (χ0n) is 14.7. The van der Waals surface area contributed by atoms with Crippen LogP contribution in [0.3, 0.4) is 0 Å². The maximum Gasteiger partial charge on any atom is 0.330 e. The van der Waals surface area contributed by atoms with Gasteiger partial charge in [-0.15, -0.1) is 0 Å². The van der Waals surface area contributed by atoms with Crippen molar-refractivity contribution in [1.29, 1.82) is 0 Å². The fraction of sp³-hybridized carbons (Fsp3) is 0.263. The summed E-state index contributed by atoms with van der Waals surface area (Å²) in [6.07, 6.45) is 6.03. The molecule has 0 amide bonds. The topological polar surface area (TPSA) is 91.6 Å². The van der Waals surface area contributed by atoms with Gasteiger partial charge in [-0.3, -0.25) is 10.1 Å². The number of aryl methyl sites for hydroxylation is 1. The van der Waals surface area contributed by atoms with E-state index < -0.39 is 4.92 Å². The molecule has 0 aliphatic carbocycles. The van der Waals surface area contributed by atoms with Crippen LogP contribution < -0.4 is 4.74 Å². The SMILES string of the molecule is CCCCOC(=O)C=Cc1ccc(Oc2ccc([N+](=O)[O-])cn2)c(C)c1. The molecule has 0 fully saturated rings. The van der Waals surface area contributed by atoms with Crippen molar-refractivity contribution >= 4 is 17.7 Å². The van der Waals surface area contributed by atoms with Gasteiger partial charge in [-0.25, -0.2) is 9.78 Å². The Hall–Kier alpha value is -3.22. The minimum absolute atomic E-state index is 0.0969. The number of rotatable bonds is 8. The van der Waals surface area contributed by atoms with E-state index in [1.807, 2.05) is 19.9 Å². The Labute approximate surface area is 151 Å². The lowest BCUT2D eigenvalue weighted by molar-refractivity contribution is -0.385. The Balaban J connectivity index is 2.00. The van der Waals surface area contributed by atoms with Crippen LogP contribution in [0.15, 0.2) is 42.6 Å². The fourth-order valence-electron chi connectivity index (χ4n) is 2.07. The third-order valence-electron chi connectivity index (χ3n) is 3.50. The molecule has 0 bridgehead atoms. The number of benzene rings is 1. The van der Waals surface area contributed by atoms with E-state index in [9.17, 15) is 14.9 Å². The zero-order valence-corrected chi connectivity index (χ0v) is 14.7. The number of pyridine rings is 1. The molecule has 0 spiro atoms. The molecule has 0 saturated heterocycles. The average molecular weight is 356 g/mol. The number of nitro groups is 1. The average Bonchev–Trinajstić information content (AvgIpc) is 2.62. The van der Waals surface area contributed by atoms with Crippen molar-refractivity contribution in [3.05, 3.63) is 63.8 Å². The van der Waals surface area contributed by atoms with Gasteiger partial charge >= 0.3 is 5.97 Å². The van der Waals surface area contributed by atoms with Crippen LogP contribution >= 0.6 is 0 Å². The maximum atomic E-state index is 11.6. The summed E-state index contributed by atoms with van der Waals surface area (Å²) in [5.74, 6) is 0.474. The second kappa shape index (κ2) is 9.31. The van der Waals surface area contributed by atoms with E-state index in [4.69, 9.17) is 9.47 Å². The van der Waals surface area contributed by atoms with Crippen molar-refractivity contribution in [3.63, 3.8) is 0 Å². The second-order valence-electron chi connectivity index (χ2n) is 5.59. The van der Waals surface area contributed by atoms with E-state index in [-0.39, 0.29) is 17.5 Å². The first-order chi connectivity index (χ1) is 12.5. The molecule has 1 aromatic heterocycles. The van der Waals surface area contributed by atoms with E-state index in [0.717, 1.165) is 30.2 Å². The van der Waals surface area contributed by atoms with Crippen molar-refractivity contribution in [3.8, 4) is 11.6 Å². The predicted octanol–water partition coefficient (Wildman–Crippen LogP) is 4.45. The summed E-state index contributed by atoms with van der Waals surface area (Å²) in [6, 6.07) is 8.18. The fourth-order valence-corrected chi connectivity index (χ4v) is 2.07. The van der Waals surface area contributed by atoms with E-state index in [0.29, 0.717) is 12.4 Å². The number of carbonyl (C=O) groups is 1. The summed E-state index contributed by atoms with van der Waals surface area (Å²) in [5.41, 5.74) is 1.57. The lowest BCUT2D eigenvalue weighted by atomic mass is 10.1. The van der Waals surface area contributed by atoms with Crippen LogP contribution in [0, 0.1) is 17.0 Å². The van der Waals surface area contributed by atoms with Gasteiger partial charge in [0.2, 0.25) is 5.88 Å². The van der Waals surface area contributed by atoms with Crippen LogP contribution in [-0.2, 0) is 9.53 Å². The van der Waals surface area contributed by atoms with E-state index in [2.05, 4.69) is 4.98 Å². The Kier molecular flexibility index (Phi) is 6.84. The molecule has 0 aliphatic heterocycles. The van der Waals surface area contributed by atoms with E-state index in [1.165, 1.54) is 18.2 Å². The molecule has 0 aliphatic rings. The van der Waals surface area contributed by atoms with E-state index >= 15 is 0 Å². The molecule has 7 nitrogen and oxygen atoms in total. The van der Waals surface area contributed by atoms with Crippen molar-refractivity contribution in [2.75, 3.05) is 6.61 Å². The lowest BCUT2D eigenvalue weighted by Gasteiger charge is -2.08. The summed E-state index contributed by atoms with van der Waals surface area (Å²) in [5, 5.41) is 10.6. The highest BCUT2D eigenvalue weighted by Crippen LogP contribution is 2.25. The number of aromatic nitrogens is 1. The Morgan fingerprint density at radius 1 is 1.31 bits per heavy atom. The number of esters is 1. The normalized spacial score (nSPS) is 10.7. The van der Waals surface area contributed by atoms with Crippen LogP contribution in [0.2, 0.25) is 0 Å². The Bertz CT molecular complexity index is 800. The molecule has 0 radical (unpaired) electrons. The summed E-state index contributed by atoms with van der Waals surface area (Å²) < 4.78 is 10.7. The molecule has 0 unspecified atom stereocenters. The molecule has 0 saturated carbocycles. The summed E-state index contributed by atoms with van der Waals surface area (Å²) >= 11 is 0. The molecule has 1 heterocycles. The van der Waals surface area contributed by atoms with Crippen molar-refractivity contribution in [1.82, 2.24) is 4.98 Å². The molecule has 0 N–H and O–H groups in total. The van der Waals surface area contributed by atoms with Gasteiger partial charge in [0, 0.05) is 18.2 Å². The third kappa shape index (κ3) is 5.70. The number of hydrogen-bond donors (Lipinski definition) is 0. The summed E-state index contributed by atoms with van der Waals surface area (Å²) in [6.45, 7) is 4.31. The molecule has 2 rings (SSSR count). The number of unbranched alkanes of at least 4 members (excludes halogenated alkanes) is 1. The molecule has 26 heavy (non-hydrogen) atoms. The number of hydrogen-bond acceptors (Lipinski definition) is 6. The van der Waals surface area contributed by atoms with Gasteiger partial charge in [-0.1, -0.05) is 19.4 Å². The first-order valence-corrected chi connectivity index (χ1v) is 8.23. The van der Waals surface area contributed by atoms with Crippen LogP contribution in [0.1, 0.15) is 30.9 Å². The molecule has 2 aromatic rings. The van der Waals surface area contributed by atoms with Crippen LogP contribution in [0.4, 0.5) is 5.69 Å². The highest BCUT2D eigenvalue weighted by molar-refractivity contribution is 5.87. The third-order valence-corrected chi connectivity index (χ3v) is 3.50. The summed E-state index contributed by atoms with van der Waals surface area (Å²) in [7, 11) is 0. The van der Waals surface area contributed by atoms with Crippen molar-refractivity contribution in [2.24, 2.45) is 0 Å². The molecule has 0 atom stereocenters. The van der Waals surface area contributed by atoms with Gasteiger partial charge < -0.3 is 9.47 Å². The predicted molar refractivity (Wildman–Crippen MR) is 97.0 cm³/mol. The lowest BCUT2D eigenvalue weighted by Crippen LogP contribution is -2.01. The molecule has 7 heteroatoms.